The highest BCUT2D eigenvalue weighted by Crippen LogP contribution is 2.38. The van der Waals surface area contributed by atoms with Crippen molar-refractivity contribution >= 4 is 41.3 Å². The molecule has 1 rings (SSSR count). The molecule has 10 nitrogen and oxygen atoms in total. The van der Waals surface area contributed by atoms with Crippen LogP contribution in [-0.2, 0) is 28.7 Å². The first kappa shape index (κ1) is 21.7. The van der Waals surface area contributed by atoms with Gasteiger partial charge in [-0.3, -0.25) is 19.2 Å². The highest BCUT2D eigenvalue weighted by Gasteiger charge is 2.48. The lowest BCUT2D eigenvalue weighted by Gasteiger charge is -2.44. The van der Waals surface area contributed by atoms with Crippen LogP contribution in [0.3, 0.4) is 0 Å². The fourth-order valence-electron chi connectivity index (χ4n) is 3.11. The van der Waals surface area contributed by atoms with Crippen molar-refractivity contribution in [2.45, 2.75) is 44.4 Å². The number of aliphatic imine (C=N–C) groups is 1. The van der Waals surface area contributed by atoms with Crippen molar-refractivity contribution in [3.05, 3.63) is 0 Å². The highest BCUT2D eigenvalue weighted by atomic mass is 32.1. The van der Waals surface area contributed by atoms with Crippen LogP contribution in [0.25, 0.3) is 0 Å². The second-order valence-electron chi connectivity index (χ2n) is 5.85. The summed E-state index contributed by atoms with van der Waals surface area (Å²) in [5.41, 5.74) is 0. The molecule has 0 saturated carbocycles. The minimum atomic E-state index is -1.21. The predicted molar refractivity (Wildman–Crippen MR) is 87.8 cm³/mol. The zero-order valence-corrected chi connectivity index (χ0v) is 14.7. The van der Waals surface area contributed by atoms with Gasteiger partial charge in [0, 0.05) is 18.8 Å². The Labute approximate surface area is 153 Å². The predicted octanol–water partition coefficient (Wildman–Crippen LogP) is 0.445. The Kier molecular flexibility index (Phi) is 8.30. The van der Waals surface area contributed by atoms with E-state index in [4.69, 9.17) is 19.7 Å². The van der Waals surface area contributed by atoms with Gasteiger partial charge in [-0.1, -0.05) is 0 Å². The molecule has 1 aliphatic heterocycles. The SMILES string of the molecule is CC(=O)OC[C@@H]1OC(CC(=O)O)[C@H](N=C=S)[C@H](CC(=O)O)[C@@H]1CC(=O)O. The molecule has 144 valence electrons. The molecule has 3 N–H and O–H groups in total. The molecule has 1 fully saturated rings. The number of isothiocyanates is 1. The van der Waals surface area contributed by atoms with Crippen LogP contribution in [-0.4, -0.2) is 69.2 Å². The summed E-state index contributed by atoms with van der Waals surface area (Å²) in [6.07, 6.45) is -3.48. The summed E-state index contributed by atoms with van der Waals surface area (Å²) in [5, 5.41) is 29.5. The van der Waals surface area contributed by atoms with Crippen molar-refractivity contribution in [2.75, 3.05) is 6.61 Å². The second kappa shape index (κ2) is 9.95. The van der Waals surface area contributed by atoms with Crippen LogP contribution < -0.4 is 0 Å². The van der Waals surface area contributed by atoms with Crippen LogP contribution in [0.5, 0.6) is 0 Å². The van der Waals surface area contributed by atoms with Gasteiger partial charge in [-0.25, -0.2) is 4.99 Å². The van der Waals surface area contributed by atoms with E-state index in [1.54, 1.807) is 0 Å². The number of ether oxygens (including phenoxy) is 2. The summed E-state index contributed by atoms with van der Waals surface area (Å²) in [6.45, 7) is 0.825. The van der Waals surface area contributed by atoms with Gasteiger partial charge in [-0.05, 0) is 12.2 Å². The highest BCUT2D eigenvalue weighted by molar-refractivity contribution is 7.78. The van der Waals surface area contributed by atoms with Gasteiger partial charge in [-0.15, -0.1) is 0 Å². The summed E-state index contributed by atoms with van der Waals surface area (Å²) in [4.78, 5) is 48.5. The topological polar surface area (TPSA) is 160 Å². The lowest BCUT2D eigenvalue weighted by molar-refractivity contribution is -0.177. The third kappa shape index (κ3) is 6.51. The fourth-order valence-corrected chi connectivity index (χ4v) is 3.23. The molecule has 1 saturated heterocycles. The van der Waals surface area contributed by atoms with E-state index in [1.165, 1.54) is 0 Å². The van der Waals surface area contributed by atoms with Gasteiger partial charge in [0.25, 0.3) is 0 Å². The summed E-state index contributed by atoms with van der Waals surface area (Å²) in [5.74, 6) is -6.01. The van der Waals surface area contributed by atoms with Gasteiger partial charge in [0.2, 0.25) is 0 Å². The molecule has 0 aromatic rings. The number of aliphatic carboxylic acids is 3. The molecule has 0 aromatic heterocycles. The van der Waals surface area contributed by atoms with Crippen LogP contribution in [0, 0.1) is 11.8 Å². The first-order chi connectivity index (χ1) is 12.1. The number of thiocarbonyl (C=S) groups is 1. The van der Waals surface area contributed by atoms with E-state index in [0.29, 0.717) is 0 Å². The number of carboxylic acid groups (broad SMARTS) is 3. The maximum absolute atomic E-state index is 11.3. The zero-order valence-electron chi connectivity index (χ0n) is 13.9. The van der Waals surface area contributed by atoms with Gasteiger partial charge >= 0.3 is 23.9 Å². The Hall–Kier alpha value is -2.36. The maximum Gasteiger partial charge on any atom is 0.306 e. The first-order valence-electron chi connectivity index (χ1n) is 7.66. The molecule has 0 spiro atoms. The molecule has 26 heavy (non-hydrogen) atoms. The molecule has 11 heteroatoms. The Morgan fingerprint density at radius 1 is 1.00 bits per heavy atom. The van der Waals surface area contributed by atoms with Gasteiger partial charge < -0.3 is 24.8 Å². The number of carbonyl (C=O) groups excluding carboxylic acids is 1. The molecule has 0 aromatic carbocycles. The molecular weight excluding hydrogens is 370 g/mol. The molecule has 1 aliphatic rings. The van der Waals surface area contributed by atoms with E-state index < -0.39 is 73.2 Å². The summed E-state index contributed by atoms with van der Waals surface area (Å²) in [6, 6.07) is -0.988. The van der Waals surface area contributed by atoms with E-state index in [-0.39, 0.29) is 6.61 Å². The van der Waals surface area contributed by atoms with Crippen LogP contribution in [0.15, 0.2) is 4.99 Å². The van der Waals surface area contributed by atoms with Gasteiger partial charge in [0.15, 0.2) is 0 Å². The standard InChI is InChI=1S/C15H19NO9S/c1-7(17)24-5-11-8(2-12(18)19)9(3-13(20)21)15(16-6-26)10(25-11)4-14(22)23/h8-11,15H,2-5H2,1H3,(H,18,19)(H,20,21)(H,22,23)/t8-,9+,10?,11-,15+/m0/s1. The van der Waals surface area contributed by atoms with Crippen molar-refractivity contribution in [1.82, 2.24) is 0 Å². The van der Waals surface area contributed by atoms with Crippen LogP contribution >= 0.6 is 12.2 Å². The van der Waals surface area contributed by atoms with Crippen molar-refractivity contribution in [3.63, 3.8) is 0 Å². The normalized spacial score (nSPS) is 27.8. The van der Waals surface area contributed by atoms with E-state index in [0.717, 1.165) is 6.92 Å². The minimum absolute atomic E-state index is 0.326. The third-order valence-electron chi connectivity index (χ3n) is 4.05. The molecule has 0 amide bonds. The monoisotopic (exact) mass is 389 g/mol. The van der Waals surface area contributed by atoms with E-state index in [2.05, 4.69) is 22.4 Å². The van der Waals surface area contributed by atoms with Crippen molar-refractivity contribution in [2.24, 2.45) is 16.8 Å². The van der Waals surface area contributed by atoms with Crippen LogP contribution in [0.1, 0.15) is 26.2 Å². The summed E-state index contributed by atoms with van der Waals surface area (Å²) < 4.78 is 10.5. The number of nitrogens with zero attached hydrogens (tertiary/aromatic N) is 1. The second-order valence-corrected chi connectivity index (χ2v) is 6.03. The van der Waals surface area contributed by atoms with Crippen LogP contribution in [0.4, 0.5) is 0 Å². The van der Waals surface area contributed by atoms with E-state index in [9.17, 15) is 24.3 Å². The van der Waals surface area contributed by atoms with Crippen molar-refractivity contribution in [1.29, 1.82) is 0 Å². The molecule has 1 heterocycles. The maximum atomic E-state index is 11.3. The number of esters is 1. The fraction of sp³-hybridized carbons (Fsp3) is 0.667. The van der Waals surface area contributed by atoms with Gasteiger partial charge in [-0.2, -0.15) is 0 Å². The number of rotatable bonds is 9. The average molecular weight is 389 g/mol. The zero-order chi connectivity index (χ0) is 19.9. The number of carboxylic acids is 3. The average Bonchev–Trinajstić information content (AvgIpc) is 2.49. The minimum Gasteiger partial charge on any atom is -0.481 e. The smallest absolute Gasteiger partial charge is 0.306 e. The number of hydrogen-bond acceptors (Lipinski definition) is 8. The lowest BCUT2D eigenvalue weighted by Crippen LogP contribution is -2.53. The molecule has 0 aliphatic carbocycles. The Balaban J connectivity index is 3.28. The molecule has 5 atom stereocenters. The number of carbonyl (C=O) groups is 4. The quantitative estimate of drug-likeness (QED) is 0.287. The van der Waals surface area contributed by atoms with E-state index in [1.807, 2.05) is 0 Å². The van der Waals surface area contributed by atoms with Gasteiger partial charge in [0.05, 0.1) is 42.7 Å². The Bertz CT molecular complexity index is 616. The van der Waals surface area contributed by atoms with Crippen molar-refractivity contribution < 1.29 is 44.0 Å². The third-order valence-corrected chi connectivity index (χ3v) is 4.15. The number of hydrogen-bond donors (Lipinski definition) is 3. The molecular formula is C15H19NO9S. The Morgan fingerprint density at radius 3 is 2.00 bits per heavy atom. The largest absolute Gasteiger partial charge is 0.481 e. The molecule has 0 radical (unpaired) electrons. The molecule has 0 bridgehead atoms. The van der Waals surface area contributed by atoms with Crippen molar-refractivity contribution in [3.8, 4) is 0 Å². The van der Waals surface area contributed by atoms with E-state index >= 15 is 0 Å². The van der Waals surface area contributed by atoms with Crippen LogP contribution in [0.2, 0.25) is 0 Å². The summed E-state index contributed by atoms with van der Waals surface area (Å²) in [7, 11) is 0. The summed E-state index contributed by atoms with van der Waals surface area (Å²) >= 11 is 4.55. The van der Waals surface area contributed by atoms with Gasteiger partial charge in [0.1, 0.15) is 6.61 Å². The molecule has 1 unspecified atom stereocenters. The first-order valence-corrected chi connectivity index (χ1v) is 8.07. The lowest BCUT2D eigenvalue weighted by atomic mass is 9.73. The Morgan fingerprint density at radius 2 is 1.54 bits per heavy atom.